The largest absolute Gasteiger partial charge is 0.409 e. The van der Waals surface area contributed by atoms with E-state index in [4.69, 9.17) is 10.9 Å². The fourth-order valence-electron chi connectivity index (χ4n) is 1.79. The third-order valence-corrected chi connectivity index (χ3v) is 3.61. The highest BCUT2D eigenvalue weighted by Gasteiger charge is 2.29. The molecule has 1 rings (SSSR count). The first-order valence-corrected chi connectivity index (χ1v) is 6.74. The monoisotopic (exact) mass is 277 g/mol. The minimum absolute atomic E-state index is 0.00727. The molecule has 0 aliphatic rings. The Morgan fingerprint density at radius 1 is 1.40 bits per heavy atom. The van der Waals surface area contributed by atoms with Crippen LogP contribution in [0.15, 0.2) is 29.4 Å². The first-order valence-electron chi connectivity index (χ1n) is 6.74. The Labute approximate surface area is 119 Å². The summed E-state index contributed by atoms with van der Waals surface area (Å²) in [5, 5.41) is 14.6. The SMILES string of the molecule is CCC(C)(NC(=O)c1ccc(C(C)C)cc1)/C(N)=N/O. The quantitative estimate of drug-likeness (QED) is 0.334. The molecule has 5 nitrogen and oxygen atoms in total. The molecule has 5 heteroatoms. The highest BCUT2D eigenvalue weighted by Crippen LogP contribution is 2.16. The second-order valence-electron chi connectivity index (χ2n) is 5.40. The standard InChI is InChI=1S/C15H23N3O2/c1-5-15(4,14(16)18-20)17-13(19)12-8-6-11(7-9-12)10(2)3/h6-10,20H,5H2,1-4H3,(H2,16,18)(H,17,19). The number of nitrogens with one attached hydrogen (secondary N) is 1. The van der Waals surface area contributed by atoms with Crippen molar-refractivity contribution in [2.75, 3.05) is 0 Å². The van der Waals surface area contributed by atoms with E-state index < -0.39 is 5.54 Å². The summed E-state index contributed by atoms with van der Waals surface area (Å²) in [6.07, 6.45) is 0.526. The first kappa shape index (κ1) is 16.0. The van der Waals surface area contributed by atoms with Crippen LogP contribution in [0.2, 0.25) is 0 Å². The molecule has 0 heterocycles. The summed E-state index contributed by atoms with van der Waals surface area (Å²) in [6, 6.07) is 7.44. The van der Waals surface area contributed by atoms with Crippen LogP contribution in [0, 0.1) is 0 Å². The molecule has 0 saturated carbocycles. The highest BCUT2D eigenvalue weighted by molar-refractivity contribution is 6.00. The van der Waals surface area contributed by atoms with Gasteiger partial charge in [-0.1, -0.05) is 38.1 Å². The summed E-state index contributed by atoms with van der Waals surface area (Å²) in [5.74, 6) is 0.175. The summed E-state index contributed by atoms with van der Waals surface area (Å²) in [6.45, 7) is 7.78. The van der Waals surface area contributed by atoms with Crippen molar-refractivity contribution in [1.29, 1.82) is 0 Å². The third kappa shape index (κ3) is 3.50. The van der Waals surface area contributed by atoms with Gasteiger partial charge in [0.1, 0.15) is 0 Å². The number of carbonyl (C=O) groups is 1. The van der Waals surface area contributed by atoms with Crippen LogP contribution in [0.3, 0.4) is 0 Å². The van der Waals surface area contributed by atoms with E-state index in [9.17, 15) is 4.79 Å². The number of amides is 1. The van der Waals surface area contributed by atoms with E-state index in [2.05, 4.69) is 24.3 Å². The third-order valence-electron chi connectivity index (χ3n) is 3.61. The van der Waals surface area contributed by atoms with Crippen molar-refractivity contribution in [3.05, 3.63) is 35.4 Å². The molecule has 1 amide bonds. The van der Waals surface area contributed by atoms with Gasteiger partial charge < -0.3 is 16.3 Å². The molecule has 0 aliphatic heterocycles. The molecule has 0 bridgehead atoms. The maximum absolute atomic E-state index is 12.2. The molecule has 110 valence electrons. The van der Waals surface area contributed by atoms with Gasteiger partial charge in [-0.15, -0.1) is 0 Å². The number of oxime groups is 1. The van der Waals surface area contributed by atoms with Crippen molar-refractivity contribution in [3.8, 4) is 0 Å². The maximum atomic E-state index is 12.2. The van der Waals surface area contributed by atoms with Crippen molar-refractivity contribution < 1.29 is 10.0 Å². The molecule has 0 radical (unpaired) electrons. The molecular weight excluding hydrogens is 254 g/mol. The Morgan fingerprint density at radius 3 is 2.35 bits per heavy atom. The van der Waals surface area contributed by atoms with Crippen LogP contribution in [0.5, 0.6) is 0 Å². The van der Waals surface area contributed by atoms with E-state index in [-0.39, 0.29) is 11.7 Å². The zero-order chi connectivity index (χ0) is 15.3. The van der Waals surface area contributed by atoms with Gasteiger partial charge >= 0.3 is 0 Å². The number of amidine groups is 1. The Hall–Kier alpha value is -2.04. The minimum atomic E-state index is -0.859. The molecule has 0 spiro atoms. The van der Waals surface area contributed by atoms with Crippen LogP contribution in [0.25, 0.3) is 0 Å². The van der Waals surface area contributed by atoms with Gasteiger partial charge in [0.15, 0.2) is 5.84 Å². The molecule has 1 aromatic rings. The van der Waals surface area contributed by atoms with E-state index in [0.717, 1.165) is 0 Å². The van der Waals surface area contributed by atoms with E-state index >= 15 is 0 Å². The first-order chi connectivity index (χ1) is 9.34. The Kier molecular flexibility index (Phi) is 5.13. The van der Waals surface area contributed by atoms with Crippen LogP contribution in [-0.2, 0) is 0 Å². The van der Waals surface area contributed by atoms with Gasteiger partial charge in [0, 0.05) is 5.56 Å². The Bertz CT molecular complexity index is 494. The second-order valence-corrected chi connectivity index (χ2v) is 5.40. The average Bonchev–Trinajstić information content (AvgIpc) is 2.46. The number of nitrogens with two attached hydrogens (primary N) is 1. The van der Waals surface area contributed by atoms with Crippen LogP contribution < -0.4 is 11.1 Å². The molecule has 0 saturated heterocycles. The molecule has 0 fully saturated rings. The average molecular weight is 277 g/mol. The summed E-state index contributed by atoms with van der Waals surface area (Å²) < 4.78 is 0. The van der Waals surface area contributed by atoms with Crippen LogP contribution in [-0.4, -0.2) is 22.5 Å². The smallest absolute Gasteiger partial charge is 0.252 e. The lowest BCUT2D eigenvalue weighted by Gasteiger charge is -2.28. The van der Waals surface area contributed by atoms with Crippen molar-refractivity contribution in [1.82, 2.24) is 5.32 Å². The predicted octanol–water partition coefficient (Wildman–Crippen LogP) is 2.45. The summed E-state index contributed by atoms with van der Waals surface area (Å²) in [4.78, 5) is 12.2. The van der Waals surface area contributed by atoms with Gasteiger partial charge in [-0.05, 0) is 37.0 Å². The summed E-state index contributed by atoms with van der Waals surface area (Å²) >= 11 is 0. The molecule has 0 aliphatic carbocycles. The Balaban J connectivity index is 2.90. The lowest BCUT2D eigenvalue weighted by atomic mass is 9.96. The molecule has 1 aromatic carbocycles. The number of hydrogen-bond donors (Lipinski definition) is 3. The fraction of sp³-hybridized carbons (Fsp3) is 0.467. The lowest BCUT2D eigenvalue weighted by molar-refractivity contribution is 0.0925. The summed E-state index contributed by atoms with van der Waals surface area (Å²) in [5.41, 5.74) is 6.51. The molecule has 1 atom stereocenters. The Morgan fingerprint density at radius 2 is 1.95 bits per heavy atom. The van der Waals surface area contributed by atoms with Crippen molar-refractivity contribution in [2.24, 2.45) is 10.9 Å². The van der Waals surface area contributed by atoms with Gasteiger partial charge in [-0.25, -0.2) is 0 Å². The van der Waals surface area contributed by atoms with Gasteiger partial charge in [-0.2, -0.15) is 0 Å². The van der Waals surface area contributed by atoms with Gasteiger partial charge in [-0.3, -0.25) is 4.79 Å². The van der Waals surface area contributed by atoms with Gasteiger partial charge in [0.25, 0.3) is 5.91 Å². The van der Waals surface area contributed by atoms with Crippen molar-refractivity contribution in [2.45, 2.75) is 45.6 Å². The van der Waals surface area contributed by atoms with Gasteiger partial charge in [0.2, 0.25) is 0 Å². The highest BCUT2D eigenvalue weighted by atomic mass is 16.4. The number of benzene rings is 1. The topological polar surface area (TPSA) is 87.7 Å². The molecular formula is C15H23N3O2. The maximum Gasteiger partial charge on any atom is 0.252 e. The van der Waals surface area contributed by atoms with Crippen LogP contribution >= 0.6 is 0 Å². The van der Waals surface area contributed by atoms with Crippen molar-refractivity contribution in [3.63, 3.8) is 0 Å². The van der Waals surface area contributed by atoms with Crippen LogP contribution in [0.1, 0.15) is 56.0 Å². The number of nitrogens with zero attached hydrogens (tertiary/aromatic N) is 1. The fourth-order valence-corrected chi connectivity index (χ4v) is 1.79. The zero-order valence-electron chi connectivity index (χ0n) is 12.5. The van der Waals surface area contributed by atoms with Crippen molar-refractivity contribution >= 4 is 11.7 Å². The number of rotatable bonds is 5. The number of hydrogen-bond acceptors (Lipinski definition) is 3. The summed E-state index contributed by atoms with van der Waals surface area (Å²) in [7, 11) is 0. The van der Waals surface area contributed by atoms with E-state index in [1.165, 1.54) is 5.56 Å². The van der Waals surface area contributed by atoms with E-state index in [0.29, 0.717) is 17.9 Å². The number of carbonyl (C=O) groups excluding carboxylic acids is 1. The van der Waals surface area contributed by atoms with Crippen LogP contribution in [0.4, 0.5) is 0 Å². The molecule has 1 unspecified atom stereocenters. The second kappa shape index (κ2) is 6.41. The van der Waals surface area contributed by atoms with E-state index in [1.54, 1.807) is 19.1 Å². The molecule has 20 heavy (non-hydrogen) atoms. The zero-order valence-corrected chi connectivity index (χ0v) is 12.5. The molecule has 0 aromatic heterocycles. The predicted molar refractivity (Wildman–Crippen MR) is 80.1 cm³/mol. The van der Waals surface area contributed by atoms with E-state index in [1.807, 2.05) is 19.1 Å². The lowest BCUT2D eigenvalue weighted by Crippen LogP contribution is -2.55. The normalized spacial score (nSPS) is 14.9. The minimum Gasteiger partial charge on any atom is -0.409 e. The molecule has 4 N–H and O–H groups in total. The van der Waals surface area contributed by atoms with Gasteiger partial charge in [0.05, 0.1) is 5.54 Å².